The van der Waals surface area contributed by atoms with Gasteiger partial charge in [-0.1, -0.05) is 0 Å². The van der Waals surface area contributed by atoms with E-state index < -0.39 is 0 Å². The smallest absolute Gasteiger partial charge is 0.191 e. The van der Waals surface area contributed by atoms with Crippen LogP contribution in [-0.2, 0) is 11.3 Å². The molecule has 134 valence electrons. The van der Waals surface area contributed by atoms with Gasteiger partial charge in [-0.25, -0.2) is 0 Å². The van der Waals surface area contributed by atoms with Crippen LogP contribution in [0.2, 0.25) is 0 Å². The van der Waals surface area contributed by atoms with Crippen molar-refractivity contribution in [3.63, 3.8) is 0 Å². The first-order chi connectivity index (χ1) is 10.6. The number of furan rings is 1. The minimum absolute atomic E-state index is 0. The van der Waals surface area contributed by atoms with Crippen LogP contribution in [-0.4, -0.2) is 57.2 Å². The monoisotopic (exact) mass is 438 g/mol. The Kier molecular flexibility index (Phi) is 13.1. The number of rotatable bonds is 10. The van der Waals surface area contributed by atoms with E-state index in [0.29, 0.717) is 19.3 Å². The maximum absolute atomic E-state index is 5.53. The van der Waals surface area contributed by atoms with E-state index >= 15 is 0 Å². The zero-order valence-corrected chi connectivity index (χ0v) is 17.0. The van der Waals surface area contributed by atoms with Crippen molar-refractivity contribution in [2.24, 2.45) is 4.99 Å². The Bertz CT molecular complexity index is 410. The normalized spacial score (nSPS) is 11.7. The fourth-order valence-corrected chi connectivity index (χ4v) is 1.78. The van der Waals surface area contributed by atoms with Gasteiger partial charge in [-0.2, -0.15) is 0 Å². The highest BCUT2D eigenvalue weighted by Gasteiger charge is 2.03. The Morgan fingerprint density at radius 3 is 2.70 bits per heavy atom. The second-order valence-corrected chi connectivity index (χ2v) is 5.49. The van der Waals surface area contributed by atoms with Crippen molar-refractivity contribution in [3.05, 3.63) is 24.2 Å². The van der Waals surface area contributed by atoms with E-state index in [9.17, 15) is 0 Å². The number of aliphatic imine (C=N–C) groups is 1. The summed E-state index contributed by atoms with van der Waals surface area (Å²) < 4.78 is 10.7. The van der Waals surface area contributed by atoms with Crippen molar-refractivity contribution < 1.29 is 9.15 Å². The Balaban J connectivity index is 0.00000484. The molecular weight excluding hydrogens is 407 g/mol. The van der Waals surface area contributed by atoms with Crippen LogP contribution in [0.3, 0.4) is 0 Å². The number of nitrogens with one attached hydrogen (secondary N) is 2. The molecule has 0 fully saturated rings. The van der Waals surface area contributed by atoms with Crippen LogP contribution in [0.5, 0.6) is 0 Å². The van der Waals surface area contributed by atoms with Gasteiger partial charge in [0.25, 0.3) is 0 Å². The van der Waals surface area contributed by atoms with Crippen LogP contribution in [0.15, 0.2) is 27.8 Å². The first-order valence-electron chi connectivity index (χ1n) is 7.88. The van der Waals surface area contributed by atoms with Crippen molar-refractivity contribution in [1.29, 1.82) is 0 Å². The van der Waals surface area contributed by atoms with Crippen molar-refractivity contribution in [1.82, 2.24) is 15.5 Å². The predicted molar refractivity (Wildman–Crippen MR) is 106 cm³/mol. The summed E-state index contributed by atoms with van der Waals surface area (Å²) in [5.41, 5.74) is 0. The van der Waals surface area contributed by atoms with E-state index in [2.05, 4.69) is 41.4 Å². The standard InChI is InChI=1S/C16H30N4O2.HI/c1-14(2)20(4)10-9-19-16(17-3)18-8-6-11-21-13-15-7-5-12-22-15;/h5,7,12,14H,6,8-11,13H2,1-4H3,(H2,17,18,19);1H. The van der Waals surface area contributed by atoms with E-state index in [0.717, 1.165) is 37.8 Å². The molecule has 23 heavy (non-hydrogen) atoms. The van der Waals surface area contributed by atoms with Crippen LogP contribution in [0, 0.1) is 0 Å². The molecule has 1 rings (SSSR count). The van der Waals surface area contributed by atoms with Gasteiger partial charge in [0.2, 0.25) is 0 Å². The predicted octanol–water partition coefficient (Wildman–Crippen LogP) is 2.31. The molecule has 1 heterocycles. The van der Waals surface area contributed by atoms with Crippen molar-refractivity contribution in [2.45, 2.75) is 32.9 Å². The van der Waals surface area contributed by atoms with Gasteiger partial charge in [-0.15, -0.1) is 24.0 Å². The maximum Gasteiger partial charge on any atom is 0.191 e. The summed E-state index contributed by atoms with van der Waals surface area (Å²) in [5, 5.41) is 6.59. The highest BCUT2D eigenvalue weighted by molar-refractivity contribution is 14.0. The van der Waals surface area contributed by atoms with E-state index in [1.54, 1.807) is 13.3 Å². The van der Waals surface area contributed by atoms with E-state index in [1.807, 2.05) is 12.1 Å². The minimum atomic E-state index is 0. The zero-order valence-electron chi connectivity index (χ0n) is 14.7. The quantitative estimate of drug-likeness (QED) is 0.254. The Hall–Kier alpha value is -0.800. The lowest BCUT2D eigenvalue weighted by Crippen LogP contribution is -2.42. The summed E-state index contributed by atoms with van der Waals surface area (Å²) in [6.45, 7) is 8.31. The number of guanidine groups is 1. The fourth-order valence-electron chi connectivity index (χ4n) is 1.78. The van der Waals surface area contributed by atoms with Crippen LogP contribution in [0.4, 0.5) is 0 Å². The van der Waals surface area contributed by atoms with Gasteiger partial charge >= 0.3 is 0 Å². The lowest BCUT2D eigenvalue weighted by atomic mass is 10.3. The third-order valence-corrected chi connectivity index (χ3v) is 3.44. The first kappa shape index (κ1) is 22.2. The highest BCUT2D eigenvalue weighted by Crippen LogP contribution is 2.01. The summed E-state index contributed by atoms with van der Waals surface area (Å²) in [5.74, 6) is 1.70. The summed E-state index contributed by atoms with van der Waals surface area (Å²) >= 11 is 0. The van der Waals surface area contributed by atoms with E-state index in [1.165, 1.54) is 0 Å². The lowest BCUT2D eigenvalue weighted by Gasteiger charge is -2.21. The third kappa shape index (κ3) is 10.6. The van der Waals surface area contributed by atoms with E-state index in [-0.39, 0.29) is 24.0 Å². The molecule has 1 aromatic rings. The Morgan fingerprint density at radius 1 is 1.35 bits per heavy atom. The topological polar surface area (TPSA) is 62.0 Å². The molecule has 7 heteroatoms. The summed E-state index contributed by atoms with van der Waals surface area (Å²) in [7, 11) is 3.91. The van der Waals surface area contributed by atoms with Crippen molar-refractivity contribution in [2.75, 3.05) is 40.3 Å². The molecule has 2 N–H and O–H groups in total. The molecule has 0 aliphatic carbocycles. The third-order valence-electron chi connectivity index (χ3n) is 3.44. The van der Waals surface area contributed by atoms with Gasteiger partial charge in [-0.05, 0) is 39.4 Å². The summed E-state index contributed by atoms with van der Waals surface area (Å²) in [6, 6.07) is 4.34. The lowest BCUT2D eigenvalue weighted by molar-refractivity contribution is 0.105. The van der Waals surface area contributed by atoms with E-state index in [4.69, 9.17) is 9.15 Å². The number of hydrogen-bond donors (Lipinski definition) is 2. The largest absolute Gasteiger partial charge is 0.467 e. The molecule has 0 saturated heterocycles. The van der Waals surface area contributed by atoms with Gasteiger partial charge in [0, 0.05) is 39.3 Å². The van der Waals surface area contributed by atoms with Crippen LogP contribution >= 0.6 is 24.0 Å². The van der Waals surface area contributed by atoms with Gasteiger partial charge in [0.05, 0.1) is 6.26 Å². The molecular formula is C16H31IN4O2. The molecule has 0 radical (unpaired) electrons. The van der Waals surface area contributed by atoms with Gasteiger partial charge < -0.3 is 24.7 Å². The zero-order chi connectivity index (χ0) is 16.2. The van der Waals surface area contributed by atoms with Gasteiger partial charge in [0.1, 0.15) is 12.4 Å². The summed E-state index contributed by atoms with van der Waals surface area (Å²) in [6.07, 6.45) is 2.58. The van der Waals surface area contributed by atoms with Crippen LogP contribution in [0.25, 0.3) is 0 Å². The number of nitrogens with zero attached hydrogens (tertiary/aromatic N) is 2. The van der Waals surface area contributed by atoms with Gasteiger partial charge in [-0.3, -0.25) is 4.99 Å². The molecule has 0 atom stereocenters. The average molecular weight is 438 g/mol. The number of likely N-dealkylation sites (N-methyl/N-ethyl adjacent to an activating group) is 1. The maximum atomic E-state index is 5.53. The highest BCUT2D eigenvalue weighted by atomic mass is 127. The molecule has 0 amide bonds. The van der Waals surface area contributed by atoms with Crippen LogP contribution < -0.4 is 10.6 Å². The fraction of sp³-hybridized carbons (Fsp3) is 0.688. The molecule has 0 saturated carbocycles. The molecule has 0 bridgehead atoms. The number of halogens is 1. The second-order valence-electron chi connectivity index (χ2n) is 5.49. The Morgan fingerprint density at radius 2 is 2.09 bits per heavy atom. The number of hydrogen-bond acceptors (Lipinski definition) is 4. The molecule has 0 spiro atoms. The SMILES string of the molecule is CN=C(NCCCOCc1ccco1)NCCN(C)C(C)C.I. The van der Waals surface area contributed by atoms with Crippen molar-refractivity contribution >= 4 is 29.9 Å². The molecule has 0 aromatic carbocycles. The second kappa shape index (κ2) is 13.6. The molecule has 0 aliphatic heterocycles. The number of ether oxygens (including phenoxy) is 1. The molecule has 0 unspecified atom stereocenters. The Labute approximate surface area is 157 Å². The first-order valence-corrected chi connectivity index (χ1v) is 7.88. The summed E-state index contributed by atoms with van der Waals surface area (Å²) in [4.78, 5) is 6.50. The van der Waals surface area contributed by atoms with Gasteiger partial charge in [0.15, 0.2) is 5.96 Å². The minimum Gasteiger partial charge on any atom is -0.467 e. The van der Waals surface area contributed by atoms with Crippen LogP contribution in [0.1, 0.15) is 26.0 Å². The average Bonchev–Trinajstić information content (AvgIpc) is 3.01. The molecule has 6 nitrogen and oxygen atoms in total. The molecule has 1 aromatic heterocycles. The molecule has 0 aliphatic rings. The van der Waals surface area contributed by atoms with Crippen molar-refractivity contribution in [3.8, 4) is 0 Å².